The summed E-state index contributed by atoms with van der Waals surface area (Å²) in [5.41, 5.74) is 2.64. The number of benzene rings is 2. The van der Waals surface area contributed by atoms with Crippen LogP contribution in [0.3, 0.4) is 0 Å². The highest BCUT2D eigenvalue weighted by Gasteiger charge is 2.50. The van der Waals surface area contributed by atoms with Crippen molar-refractivity contribution in [1.82, 2.24) is 4.31 Å². The van der Waals surface area contributed by atoms with E-state index in [-0.39, 0.29) is 11.3 Å². The van der Waals surface area contributed by atoms with E-state index in [9.17, 15) is 13.2 Å². The van der Waals surface area contributed by atoms with Gasteiger partial charge in [-0.3, -0.25) is 4.79 Å². The molecule has 0 atom stereocenters. The molecule has 2 heterocycles. The molecule has 0 radical (unpaired) electrons. The number of nitrogens with one attached hydrogen (secondary N) is 1. The Morgan fingerprint density at radius 3 is 2.15 bits per heavy atom. The van der Waals surface area contributed by atoms with Crippen molar-refractivity contribution in [2.45, 2.75) is 18.2 Å². The first-order chi connectivity index (χ1) is 12.9. The highest BCUT2D eigenvalue weighted by molar-refractivity contribution is 7.89. The van der Waals surface area contributed by atoms with Crippen molar-refractivity contribution in [2.75, 3.05) is 31.6 Å². The monoisotopic (exact) mass is 386 g/mol. The predicted molar refractivity (Wildman–Crippen MR) is 103 cm³/mol. The van der Waals surface area contributed by atoms with Crippen LogP contribution in [0, 0.1) is 5.41 Å². The molecule has 2 aromatic rings. The van der Waals surface area contributed by atoms with Gasteiger partial charge in [0.1, 0.15) is 0 Å². The summed E-state index contributed by atoms with van der Waals surface area (Å²) in [4.78, 5) is 11.4. The molecule has 1 amide bonds. The van der Waals surface area contributed by atoms with E-state index < -0.39 is 10.0 Å². The van der Waals surface area contributed by atoms with E-state index in [1.165, 1.54) is 6.92 Å². The van der Waals surface area contributed by atoms with Crippen molar-refractivity contribution in [1.29, 1.82) is 0 Å². The van der Waals surface area contributed by atoms with Crippen LogP contribution in [-0.2, 0) is 19.6 Å². The molecule has 1 N–H and O–H groups in total. The average molecular weight is 386 g/mol. The first-order valence-electron chi connectivity index (χ1n) is 8.94. The zero-order chi connectivity index (χ0) is 19.1. The summed E-state index contributed by atoms with van der Waals surface area (Å²) >= 11 is 0. The van der Waals surface area contributed by atoms with Crippen LogP contribution in [0.2, 0.25) is 0 Å². The molecule has 2 aromatic carbocycles. The normalized spacial score (nSPS) is 19.0. The molecule has 0 aliphatic carbocycles. The first kappa shape index (κ1) is 18.2. The van der Waals surface area contributed by atoms with Gasteiger partial charge in [-0.1, -0.05) is 24.3 Å². The van der Waals surface area contributed by atoms with Crippen molar-refractivity contribution in [3.8, 4) is 11.1 Å². The molecule has 7 heteroatoms. The number of ether oxygens (including phenoxy) is 1. The molecule has 2 saturated heterocycles. The van der Waals surface area contributed by atoms with Gasteiger partial charge in [-0.15, -0.1) is 0 Å². The van der Waals surface area contributed by atoms with E-state index in [1.54, 1.807) is 16.4 Å². The fourth-order valence-corrected chi connectivity index (χ4v) is 5.35. The summed E-state index contributed by atoms with van der Waals surface area (Å²) in [5, 5.41) is 2.73. The number of amides is 1. The molecule has 4 rings (SSSR count). The Balaban J connectivity index is 1.48. The number of hydrogen-bond acceptors (Lipinski definition) is 4. The third-order valence-corrected chi connectivity index (χ3v) is 7.05. The second-order valence-electron chi connectivity index (χ2n) is 7.36. The minimum absolute atomic E-state index is 0.0304. The minimum Gasteiger partial charge on any atom is -0.381 e. The standard InChI is InChI=1S/C20H22N2O4S/c1-15(23)21-18-6-2-16(3-7-18)17-4-8-19(9-5-17)27(24,25)22-12-20(13-22)10-11-26-14-20/h2-9H,10-14H2,1H3,(H,21,23). The molecule has 2 aliphatic rings. The second-order valence-corrected chi connectivity index (χ2v) is 9.30. The summed E-state index contributed by atoms with van der Waals surface area (Å²) in [6.07, 6.45) is 0.937. The third-order valence-electron chi connectivity index (χ3n) is 5.24. The molecular formula is C20H22N2O4S. The van der Waals surface area contributed by atoms with Gasteiger partial charge in [0.2, 0.25) is 15.9 Å². The van der Waals surface area contributed by atoms with Gasteiger partial charge in [0.15, 0.2) is 0 Å². The number of nitrogens with zero attached hydrogens (tertiary/aromatic N) is 1. The van der Waals surface area contributed by atoms with Crippen molar-refractivity contribution < 1.29 is 17.9 Å². The van der Waals surface area contributed by atoms with Gasteiger partial charge in [0.25, 0.3) is 0 Å². The lowest BCUT2D eigenvalue weighted by atomic mass is 9.81. The van der Waals surface area contributed by atoms with Gasteiger partial charge < -0.3 is 10.1 Å². The van der Waals surface area contributed by atoms with Crippen LogP contribution in [0.5, 0.6) is 0 Å². The molecule has 0 saturated carbocycles. The van der Waals surface area contributed by atoms with Gasteiger partial charge >= 0.3 is 0 Å². The Labute approximate surface area is 159 Å². The Hall–Kier alpha value is -2.22. The van der Waals surface area contributed by atoms with E-state index >= 15 is 0 Å². The van der Waals surface area contributed by atoms with Crippen LogP contribution in [0.4, 0.5) is 5.69 Å². The lowest BCUT2D eigenvalue weighted by Crippen LogP contribution is -2.58. The van der Waals surface area contributed by atoms with Crippen LogP contribution in [0.15, 0.2) is 53.4 Å². The van der Waals surface area contributed by atoms with Gasteiger partial charge in [0.05, 0.1) is 11.5 Å². The zero-order valence-electron chi connectivity index (χ0n) is 15.1. The number of rotatable bonds is 4. The second kappa shape index (κ2) is 6.74. The van der Waals surface area contributed by atoms with Crippen LogP contribution in [0.1, 0.15) is 13.3 Å². The Kier molecular flexibility index (Phi) is 4.53. The summed E-state index contributed by atoms with van der Waals surface area (Å²) in [6, 6.07) is 14.4. The lowest BCUT2D eigenvalue weighted by Gasteiger charge is -2.45. The Morgan fingerprint density at radius 1 is 1.04 bits per heavy atom. The number of carbonyl (C=O) groups is 1. The van der Waals surface area contributed by atoms with E-state index in [4.69, 9.17) is 4.74 Å². The van der Waals surface area contributed by atoms with E-state index in [2.05, 4.69) is 5.32 Å². The molecule has 6 nitrogen and oxygen atoms in total. The average Bonchev–Trinajstić information content (AvgIpc) is 3.11. The maximum absolute atomic E-state index is 12.8. The number of sulfonamides is 1. The fourth-order valence-electron chi connectivity index (χ4n) is 3.69. The van der Waals surface area contributed by atoms with Gasteiger partial charge in [-0.05, 0) is 41.8 Å². The molecule has 0 bridgehead atoms. The van der Waals surface area contributed by atoms with Crippen LogP contribution in [0.25, 0.3) is 11.1 Å². The largest absolute Gasteiger partial charge is 0.381 e. The highest BCUT2D eigenvalue weighted by atomic mass is 32.2. The van der Waals surface area contributed by atoms with Crippen molar-refractivity contribution in [3.63, 3.8) is 0 Å². The summed E-state index contributed by atoms with van der Waals surface area (Å²) in [5.74, 6) is -0.116. The quantitative estimate of drug-likeness (QED) is 0.877. The van der Waals surface area contributed by atoms with Gasteiger partial charge in [-0.2, -0.15) is 4.31 Å². The van der Waals surface area contributed by atoms with Gasteiger partial charge in [0, 0.05) is 37.7 Å². The first-order valence-corrected chi connectivity index (χ1v) is 10.4. The van der Waals surface area contributed by atoms with Crippen LogP contribution < -0.4 is 5.32 Å². The van der Waals surface area contributed by atoms with Gasteiger partial charge in [-0.25, -0.2) is 8.42 Å². The molecule has 0 aromatic heterocycles. The maximum Gasteiger partial charge on any atom is 0.243 e. The molecule has 142 valence electrons. The maximum atomic E-state index is 12.8. The summed E-state index contributed by atoms with van der Waals surface area (Å²) < 4.78 is 32.5. The Bertz CT molecular complexity index is 938. The molecular weight excluding hydrogens is 364 g/mol. The van der Waals surface area contributed by atoms with E-state index in [0.29, 0.717) is 24.6 Å². The van der Waals surface area contributed by atoms with E-state index in [1.807, 2.05) is 36.4 Å². The molecule has 2 fully saturated rings. The molecule has 2 aliphatic heterocycles. The number of anilines is 1. The fraction of sp³-hybridized carbons (Fsp3) is 0.350. The van der Waals surface area contributed by atoms with E-state index in [0.717, 1.165) is 29.8 Å². The summed E-state index contributed by atoms with van der Waals surface area (Å²) in [7, 11) is -3.45. The lowest BCUT2D eigenvalue weighted by molar-refractivity contribution is -0.114. The summed E-state index contributed by atoms with van der Waals surface area (Å²) in [6.45, 7) is 3.94. The number of carbonyl (C=O) groups excluding carboxylic acids is 1. The SMILES string of the molecule is CC(=O)Nc1ccc(-c2ccc(S(=O)(=O)N3CC4(CCOC4)C3)cc2)cc1. The molecule has 27 heavy (non-hydrogen) atoms. The van der Waals surface area contributed by atoms with Crippen molar-refractivity contribution in [3.05, 3.63) is 48.5 Å². The third kappa shape index (κ3) is 3.50. The number of hydrogen-bond donors (Lipinski definition) is 1. The minimum atomic E-state index is -3.45. The van der Waals surface area contributed by atoms with Crippen molar-refractivity contribution >= 4 is 21.6 Å². The van der Waals surface area contributed by atoms with Crippen molar-refractivity contribution in [2.24, 2.45) is 5.41 Å². The smallest absolute Gasteiger partial charge is 0.243 e. The topological polar surface area (TPSA) is 75.7 Å². The van der Waals surface area contributed by atoms with Crippen LogP contribution in [-0.4, -0.2) is 44.9 Å². The molecule has 0 unspecified atom stereocenters. The molecule has 1 spiro atoms. The highest BCUT2D eigenvalue weighted by Crippen LogP contribution is 2.41. The van der Waals surface area contributed by atoms with Crippen LogP contribution >= 0.6 is 0 Å². The zero-order valence-corrected chi connectivity index (χ0v) is 16.0. The predicted octanol–water partition coefficient (Wildman–Crippen LogP) is 2.72. The Morgan fingerprint density at radius 2 is 1.63 bits per heavy atom.